The molecule has 0 aromatic heterocycles. The molecule has 0 aromatic carbocycles. The average molecular weight is 279 g/mol. The molecule has 0 aliphatic heterocycles. The molecule has 0 saturated heterocycles. The van der Waals surface area contributed by atoms with Crippen LogP contribution >= 0.6 is 0 Å². The molecular formula is C14H24F3NO. The molecule has 2 nitrogen and oxygen atoms in total. The maximum atomic E-state index is 12.9. The van der Waals surface area contributed by atoms with Gasteiger partial charge in [-0.15, -0.1) is 0 Å². The van der Waals surface area contributed by atoms with Gasteiger partial charge in [0.15, 0.2) is 6.10 Å². The van der Waals surface area contributed by atoms with Crippen molar-refractivity contribution in [1.29, 1.82) is 0 Å². The minimum absolute atomic E-state index is 0.000429. The third-order valence-corrected chi connectivity index (χ3v) is 5.84. The summed E-state index contributed by atoms with van der Waals surface area (Å²) in [7, 11) is 0. The first kappa shape index (κ1) is 15.1. The average Bonchev–Trinajstić information content (AvgIpc) is 2.60. The summed E-state index contributed by atoms with van der Waals surface area (Å²) in [5.41, 5.74) is 5.21. The van der Waals surface area contributed by atoms with E-state index in [9.17, 15) is 13.2 Å². The van der Waals surface area contributed by atoms with Crippen LogP contribution in [0.1, 0.15) is 46.5 Å². The molecule has 5 heteroatoms. The van der Waals surface area contributed by atoms with Gasteiger partial charge < -0.3 is 10.5 Å². The van der Waals surface area contributed by atoms with Crippen molar-refractivity contribution in [1.82, 2.24) is 0 Å². The first-order valence-electron chi connectivity index (χ1n) is 7.05. The second kappa shape index (κ2) is 4.62. The van der Waals surface area contributed by atoms with Crippen molar-refractivity contribution in [2.24, 2.45) is 22.5 Å². The number of alkyl halides is 3. The van der Waals surface area contributed by atoms with Crippen LogP contribution in [0.5, 0.6) is 0 Å². The Morgan fingerprint density at radius 1 is 1.32 bits per heavy atom. The Morgan fingerprint density at radius 3 is 2.32 bits per heavy atom. The van der Waals surface area contributed by atoms with Gasteiger partial charge in [-0.1, -0.05) is 20.8 Å². The van der Waals surface area contributed by atoms with E-state index in [1.54, 1.807) is 0 Å². The van der Waals surface area contributed by atoms with Gasteiger partial charge in [0.2, 0.25) is 0 Å². The Morgan fingerprint density at radius 2 is 1.95 bits per heavy atom. The van der Waals surface area contributed by atoms with Gasteiger partial charge in [0.1, 0.15) is 0 Å². The van der Waals surface area contributed by atoms with Crippen LogP contribution in [0, 0.1) is 16.7 Å². The summed E-state index contributed by atoms with van der Waals surface area (Å²) in [4.78, 5) is 0. The van der Waals surface area contributed by atoms with E-state index in [1.807, 2.05) is 0 Å². The van der Waals surface area contributed by atoms with Crippen LogP contribution in [0.3, 0.4) is 0 Å². The fourth-order valence-corrected chi connectivity index (χ4v) is 3.99. The molecule has 2 rings (SSSR count). The molecule has 0 heterocycles. The summed E-state index contributed by atoms with van der Waals surface area (Å²) >= 11 is 0. The van der Waals surface area contributed by atoms with Gasteiger partial charge in [-0.05, 0) is 49.0 Å². The highest BCUT2D eigenvalue weighted by Crippen LogP contribution is 2.66. The lowest BCUT2D eigenvalue weighted by Crippen LogP contribution is -2.43. The monoisotopic (exact) mass is 279 g/mol. The smallest absolute Gasteiger partial charge is 0.365 e. The third-order valence-electron chi connectivity index (χ3n) is 5.84. The summed E-state index contributed by atoms with van der Waals surface area (Å²) in [6.45, 7) is 6.42. The second-order valence-electron chi connectivity index (χ2n) is 6.84. The van der Waals surface area contributed by atoms with Gasteiger partial charge in [0, 0.05) is 0 Å². The summed E-state index contributed by atoms with van der Waals surface area (Å²) < 4.78 is 44.3. The molecule has 2 N–H and O–H groups in total. The molecule has 112 valence electrons. The second-order valence-corrected chi connectivity index (χ2v) is 6.84. The van der Waals surface area contributed by atoms with Gasteiger partial charge in [0.25, 0.3) is 0 Å². The van der Waals surface area contributed by atoms with E-state index in [0.717, 1.165) is 19.3 Å². The summed E-state index contributed by atoms with van der Waals surface area (Å²) in [6.07, 6.45) is -3.66. The lowest BCUT2D eigenvalue weighted by Gasteiger charge is -2.40. The van der Waals surface area contributed by atoms with Crippen molar-refractivity contribution in [3.63, 3.8) is 0 Å². The van der Waals surface area contributed by atoms with Crippen LogP contribution < -0.4 is 5.73 Å². The predicted octanol–water partition coefficient (Wildman–Crippen LogP) is 3.50. The van der Waals surface area contributed by atoms with E-state index in [0.29, 0.717) is 5.92 Å². The van der Waals surface area contributed by atoms with Crippen molar-refractivity contribution in [2.45, 2.75) is 64.8 Å². The van der Waals surface area contributed by atoms with Gasteiger partial charge in [-0.25, -0.2) is 0 Å². The maximum Gasteiger partial charge on any atom is 0.414 e. The quantitative estimate of drug-likeness (QED) is 0.855. The van der Waals surface area contributed by atoms with Crippen LogP contribution in [-0.2, 0) is 4.74 Å². The Balaban J connectivity index is 2.12. The largest absolute Gasteiger partial charge is 0.414 e. The molecule has 0 radical (unpaired) electrons. The minimum atomic E-state index is -4.32. The zero-order chi connectivity index (χ0) is 14.5. The number of ether oxygens (including phenoxy) is 1. The van der Waals surface area contributed by atoms with Gasteiger partial charge >= 0.3 is 6.18 Å². The molecule has 2 bridgehead atoms. The highest BCUT2D eigenvalue weighted by atomic mass is 19.4. The van der Waals surface area contributed by atoms with Crippen LogP contribution in [0.25, 0.3) is 0 Å². The van der Waals surface area contributed by atoms with Crippen molar-refractivity contribution < 1.29 is 17.9 Å². The molecule has 2 aliphatic carbocycles. The van der Waals surface area contributed by atoms with E-state index in [1.165, 1.54) is 0 Å². The normalized spacial score (nSPS) is 38.7. The molecule has 19 heavy (non-hydrogen) atoms. The lowest BCUT2D eigenvalue weighted by atomic mass is 9.70. The van der Waals surface area contributed by atoms with Crippen LogP contribution in [0.15, 0.2) is 0 Å². The summed E-state index contributed by atoms with van der Waals surface area (Å²) in [5, 5.41) is 0. The minimum Gasteiger partial charge on any atom is -0.365 e. The molecule has 4 atom stereocenters. The molecule has 2 fully saturated rings. The Hall–Kier alpha value is -0.290. The zero-order valence-corrected chi connectivity index (χ0v) is 11.9. The first-order chi connectivity index (χ1) is 8.63. The lowest BCUT2D eigenvalue weighted by molar-refractivity contribution is -0.246. The Kier molecular flexibility index (Phi) is 3.67. The molecular weight excluding hydrogens is 255 g/mol. The van der Waals surface area contributed by atoms with E-state index >= 15 is 0 Å². The fourth-order valence-electron chi connectivity index (χ4n) is 3.99. The molecule has 2 saturated carbocycles. The topological polar surface area (TPSA) is 35.2 Å². The predicted molar refractivity (Wildman–Crippen MR) is 67.6 cm³/mol. The SMILES string of the molecule is CC1(C)C2CCC1(C)C(OC(CCN)C(F)(F)F)C2. The highest BCUT2D eigenvalue weighted by Gasteiger charge is 2.63. The van der Waals surface area contributed by atoms with Crippen LogP contribution in [0.2, 0.25) is 0 Å². The third kappa shape index (κ3) is 2.29. The molecule has 0 amide bonds. The van der Waals surface area contributed by atoms with Gasteiger partial charge in [-0.2, -0.15) is 13.2 Å². The number of fused-ring (bicyclic) bond motifs is 2. The van der Waals surface area contributed by atoms with Crippen LogP contribution in [-0.4, -0.2) is 24.9 Å². The maximum absolute atomic E-state index is 12.9. The molecule has 0 spiro atoms. The zero-order valence-electron chi connectivity index (χ0n) is 11.9. The first-order valence-corrected chi connectivity index (χ1v) is 7.05. The van der Waals surface area contributed by atoms with Gasteiger partial charge in [0.05, 0.1) is 6.10 Å². The van der Waals surface area contributed by atoms with E-state index in [2.05, 4.69) is 20.8 Å². The summed E-state index contributed by atoms with van der Waals surface area (Å²) in [5.74, 6) is 0.481. The molecule has 2 aliphatic rings. The number of hydrogen-bond acceptors (Lipinski definition) is 2. The Bertz CT molecular complexity index is 342. The van der Waals surface area contributed by atoms with Crippen molar-refractivity contribution >= 4 is 0 Å². The Labute approximate surface area is 112 Å². The van der Waals surface area contributed by atoms with E-state index < -0.39 is 12.3 Å². The number of rotatable bonds is 4. The van der Waals surface area contributed by atoms with E-state index in [4.69, 9.17) is 10.5 Å². The van der Waals surface area contributed by atoms with E-state index in [-0.39, 0.29) is 29.9 Å². The van der Waals surface area contributed by atoms with Crippen molar-refractivity contribution in [2.75, 3.05) is 6.54 Å². The van der Waals surface area contributed by atoms with Crippen molar-refractivity contribution in [3.05, 3.63) is 0 Å². The van der Waals surface area contributed by atoms with Gasteiger partial charge in [-0.3, -0.25) is 0 Å². The molecule has 4 unspecified atom stereocenters. The summed E-state index contributed by atoms with van der Waals surface area (Å²) in [6, 6.07) is 0. The standard InChI is InChI=1S/C14H24F3NO/c1-12(2)9-4-6-13(12,3)11(8-9)19-10(5-7-18)14(15,16)17/h9-11H,4-8,18H2,1-3H3. The number of nitrogens with two attached hydrogens (primary N) is 1. The molecule has 0 aromatic rings. The van der Waals surface area contributed by atoms with Crippen LogP contribution in [0.4, 0.5) is 13.2 Å². The fraction of sp³-hybridized carbons (Fsp3) is 1.00. The number of hydrogen-bond donors (Lipinski definition) is 1. The van der Waals surface area contributed by atoms with Crippen molar-refractivity contribution in [3.8, 4) is 0 Å². The highest BCUT2D eigenvalue weighted by molar-refractivity contribution is 5.11. The number of halogens is 3.